The van der Waals surface area contributed by atoms with Crippen LogP contribution in [0.25, 0.3) is 10.8 Å². The summed E-state index contributed by atoms with van der Waals surface area (Å²) in [6.07, 6.45) is 8.06. The average Bonchev–Trinajstić information content (AvgIpc) is 2.98. The van der Waals surface area contributed by atoms with E-state index in [-0.39, 0.29) is 36.4 Å². The van der Waals surface area contributed by atoms with Crippen LogP contribution >= 0.6 is 11.6 Å². The maximum atomic E-state index is 14.1. The molecule has 2 atom stereocenters. The van der Waals surface area contributed by atoms with Crippen molar-refractivity contribution >= 4 is 34.7 Å². The Kier molecular flexibility index (Phi) is 10.3. The number of nitrogens with one attached hydrogen (secondary N) is 2. The number of pyridine rings is 1. The molecule has 2 bridgehead atoms. The monoisotopic (exact) mass is 621 g/mol. The maximum Gasteiger partial charge on any atom is 0.412 e. The molecule has 1 heterocycles. The Bertz CT molecular complexity index is 1590. The Hall–Kier alpha value is -4.01. The van der Waals surface area contributed by atoms with Gasteiger partial charge in [0.2, 0.25) is 0 Å². The molecule has 3 aliphatic carbocycles. The number of nitrogens with zero attached hydrogens (tertiary/aromatic N) is 5. The fourth-order valence-electron chi connectivity index (χ4n) is 5.89. The summed E-state index contributed by atoms with van der Waals surface area (Å²) in [6, 6.07) is 8.00. The van der Waals surface area contributed by atoms with Gasteiger partial charge in [0.1, 0.15) is 11.7 Å². The van der Waals surface area contributed by atoms with Crippen LogP contribution < -0.4 is 10.9 Å². The molecule has 3 aliphatic rings. The van der Waals surface area contributed by atoms with Crippen molar-refractivity contribution in [3.8, 4) is 6.07 Å². The molecule has 1 unspecified atom stereocenters. The lowest BCUT2D eigenvalue weighted by Gasteiger charge is -2.62. The Labute approximate surface area is 262 Å². The third-order valence-electron chi connectivity index (χ3n) is 8.56. The number of carbonyl (C=O) groups excluding carboxylic acids is 1. The number of ether oxygens (including phenoxy) is 1. The van der Waals surface area contributed by atoms with Crippen molar-refractivity contribution in [3.05, 3.63) is 69.0 Å². The lowest BCUT2D eigenvalue weighted by molar-refractivity contribution is -0.0402. The van der Waals surface area contributed by atoms with Gasteiger partial charge in [-0.25, -0.2) is 10.3 Å². The summed E-state index contributed by atoms with van der Waals surface area (Å²) in [5, 5.41) is 28.8. The average molecular weight is 622 g/mol. The smallest absolute Gasteiger partial charge is 0.412 e. The largest absolute Gasteiger partial charge is 0.449 e. The number of amides is 1. The molecule has 0 saturated heterocycles. The molecule has 3 N–H and O–H groups in total. The number of nitriles is 1. The molecule has 1 amide bonds. The van der Waals surface area contributed by atoms with E-state index < -0.39 is 17.7 Å². The van der Waals surface area contributed by atoms with Crippen molar-refractivity contribution in [1.29, 1.82) is 10.8 Å². The molecule has 3 saturated carbocycles. The van der Waals surface area contributed by atoms with E-state index in [1.165, 1.54) is 22.6 Å². The number of rotatable bonds is 14. The van der Waals surface area contributed by atoms with E-state index in [2.05, 4.69) is 21.5 Å². The molecule has 3 fully saturated rings. The van der Waals surface area contributed by atoms with Crippen LogP contribution in [-0.4, -0.2) is 51.2 Å². The fraction of sp³-hybridized carbons (Fsp3) is 0.500. The van der Waals surface area contributed by atoms with E-state index >= 15 is 0 Å². The minimum atomic E-state index is -1.73. The van der Waals surface area contributed by atoms with Gasteiger partial charge in [0, 0.05) is 54.6 Å². The highest BCUT2D eigenvalue weighted by atomic mass is 35.5. The summed E-state index contributed by atoms with van der Waals surface area (Å²) < 4.78 is 7.05. The van der Waals surface area contributed by atoms with Crippen molar-refractivity contribution in [1.82, 2.24) is 14.8 Å². The van der Waals surface area contributed by atoms with E-state index in [0.29, 0.717) is 45.8 Å². The molecular formula is C32H40ClN7O4. The van der Waals surface area contributed by atoms with Gasteiger partial charge >= 0.3 is 6.09 Å². The standard InChI is InChI=1S/C32H40ClN7O4/c1-5-25(33)26(6-2)36-20-31(3,19-34)40(30(43)44-14-8-13-41)28(27(38-35)18-37-32-15-21(16-32)17-32)23-9-7-10-24-22(23)11-12-39(4)29(24)42/h7,9-12,18,20-21,28,35,37,41H,5-6,8,13-17H2,1-4H3/b26-25-,27-18-,36-20-,38-35?/t21?,28-,31?,32?/m0/s1. The van der Waals surface area contributed by atoms with E-state index in [1.807, 2.05) is 13.8 Å². The number of aliphatic hydroxyl groups is 1. The number of hydrogen-bond donors (Lipinski definition) is 3. The van der Waals surface area contributed by atoms with Crippen LogP contribution in [0.3, 0.4) is 0 Å². The van der Waals surface area contributed by atoms with Crippen LogP contribution in [0.1, 0.15) is 70.9 Å². The fourth-order valence-corrected chi connectivity index (χ4v) is 6.07. The minimum absolute atomic E-state index is 0.0654. The Morgan fingerprint density at radius 2 is 2.07 bits per heavy atom. The summed E-state index contributed by atoms with van der Waals surface area (Å²) in [7, 11) is 1.65. The number of allylic oxidation sites excluding steroid dienone is 2. The summed E-state index contributed by atoms with van der Waals surface area (Å²) in [6.45, 7) is 5.03. The summed E-state index contributed by atoms with van der Waals surface area (Å²) in [4.78, 5) is 33.0. The first-order valence-electron chi connectivity index (χ1n) is 14.9. The van der Waals surface area contributed by atoms with Crippen LogP contribution in [0.15, 0.2) is 68.0 Å². The van der Waals surface area contributed by atoms with Crippen molar-refractivity contribution in [2.24, 2.45) is 23.1 Å². The second kappa shape index (κ2) is 13.7. The van der Waals surface area contributed by atoms with E-state index in [4.69, 9.17) is 21.9 Å². The highest BCUT2D eigenvalue weighted by Gasteiger charge is 2.56. The van der Waals surface area contributed by atoms with E-state index in [1.54, 1.807) is 43.7 Å². The Morgan fingerprint density at radius 1 is 1.34 bits per heavy atom. The molecule has 11 nitrogen and oxygen atoms in total. The third kappa shape index (κ3) is 6.42. The zero-order valence-corrected chi connectivity index (χ0v) is 26.4. The molecule has 1 aromatic heterocycles. The molecule has 0 spiro atoms. The number of aryl methyl sites for hydroxylation is 1. The number of aliphatic imine (C=N–C) groups is 1. The molecule has 1 aromatic carbocycles. The Morgan fingerprint density at radius 3 is 2.64 bits per heavy atom. The molecule has 0 aliphatic heterocycles. The van der Waals surface area contributed by atoms with Crippen LogP contribution in [-0.2, 0) is 11.8 Å². The Balaban J connectivity index is 1.97. The van der Waals surface area contributed by atoms with Crippen LogP contribution in [0.4, 0.5) is 4.79 Å². The van der Waals surface area contributed by atoms with Crippen molar-refractivity contribution < 1.29 is 14.6 Å². The molecule has 234 valence electrons. The summed E-state index contributed by atoms with van der Waals surface area (Å²) >= 11 is 6.43. The second-order valence-electron chi connectivity index (χ2n) is 11.7. The van der Waals surface area contributed by atoms with E-state index in [9.17, 15) is 20.0 Å². The van der Waals surface area contributed by atoms with Gasteiger partial charge in [-0.05, 0) is 68.0 Å². The summed E-state index contributed by atoms with van der Waals surface area (Å²) in [5.41, 5.74) is 7.43. The highest BCUT2D eigenvalue weighted by Crippen LogP contribution is 2.57. The lowest BCUT2D eigenvalue weighted by atomic mass is 9.50. The quantitative estimate of drug-likeness (QED) is 0.133. The van der Waals surface area contributed by atoms with Gasteiger partial charge in [0.05, 0.1) is 18.4 Å². The normalized spacial score (nSPS) is 21.8. The number of benzene rings is 1. The van der Waals surface area contributed by atoms with Crippen LogP contribution in [0, 0.1) is 22.8 Å². The number of aliphatic hydroxyl groups excluding tert-OH is 1. The highest BCUT2D eigenvalue weighted by molar-refractivity contribution is 6.29. The molecule has 44 heavy (non-hydrogen) atoms. The first kappa shape index (κ1) is 32.9. The predicted octanol–water partition coefficient (Wildman–Crippen LogP) is 6.04. The third-order valence-corrected chi connectivity index (χ3v) is 9.05. The second-order valence-corrected chi connectivity index (χ2v) is 12.1. The number of halogens is 1. The molecule has 2 aromatic rings. The number of fused-ring (bicyclic) bond motifs is 1. The molecule has 12 heteroatoms. The number of aromatic nitrogens is 1. The first-order chi connectivity index (χ1) is 21.1. The zero-order chi connectivity index (χ0) is 32.1. The van der Waals surface area contributed by atoms with Gasteiger partial charge < -0.3 is 19.7 Å². The van der Waals surface area contributed by atoms with Gasteiger partial charge in [-0.2, -0.15) is 10.4 Å². The van der Waals surface area contributed by atoms with Crippen molar-refractivity contribution in [2.75, 3.05) is 13.2 Å². The van der Waals surface area contributed by atoms with Crippen molar-refractivity contribution in [3.63, 3.8) is 0 Å². The predicted molar refractivity (Wildman–Crippen MR) is 169 cm³/mol. The van der Waals surface area contributed by atoms with Crippen LogP contribution in [0.2, 0.25) is 0 Å². The summed E-state index contributed by atoms with van der Waals surface area (Å²) in [5.74, 6) is 0.698. The lowest BCUT2D eigenvalue weighted by Crippen LogP contribution is -2.65. The SMILES string of the molecule is CC/C(Cl)=C(CC)/N=C\C(C)(C#N)N(C(=O)OCCCO)[C@H](/C(=C/NC12CC(C1)C2)N=N)c1cccc2c(=O)n(C)ccc12. The molecular weight excluding hydrogens is 582 g/mol. The number of hydrogen-bond acceptors (Lipinski definition) is 9. The van der Waals surface area contributed by atoms with Gasteiger partial charge in [-0.3, -0.25) is 14.7 Å². The van der Waals surface area contributed by atoms with Gasteiger partial charge in [0.25, 0.3) is 5.56 Å². The topological polar surface area (TPSA) is 156 Å². The zero-order valence-electron chi connectivity index (χ0n) is 25.6. The minimum Gasteiger partial charge on any atom is -0.449 e. The molecule has 5 rings (SSSR count). The van der Waals surface area contributed by atoms with Crippen molar-refractivity contribution in [2.45, 2.75) is 76.4 Å². The number of carbonyl (C=O) groups is 1. The molecule has 0 radical (unpaired) electrons. The first-order valence-corrected chi connectivity index (χ1v) is 15.3. The van der Waals surface area contributed by atoms with Gasteiger partial charge in [-0.1, -0.05) is 37.6 Å². The van der Waals surface area contributed by atoms with E-state index in [0.717, 1.165) is 19.3 Å². The maximum absolute atomic E-state index is 14.1. The van der Waals surface area contributed by atoms with Gasteiger partial charge in [0.15, 0.2) is 5.54 Å². The van der Waals surface area contributed by atoms with Gasteiger partial charge in [-0.15, -0.1) is 0 Å². The van der Waals surface area contributed by atoms with Crippen LogP contribution in [0.5, 0.6) is 0 Å².